The van der Waals surface area contributed by atoms with Gasteiger partial charge < -0.3 is 5.73 Å². The fraction of sp³-hybridized carbons (Fsp3) is 0.308. The molecule has 2 aromatic rings. The van der Waals surface area contributed by atoms with E-state index in [1.165, 1.54) is 5.56 Å². The maximum absolute atomic E-state index is 5.63. The summed E-state index contributed by atoms with van der Waals surface area (Å²) in [5.41, 5.74) is 9.85. The molecule has 0 atom stereocenters. The van der Waals surface area contributed by atoms with Crippen molar-refractivity contribution in [3.8, 4) is 5.82 Å². The van der Waals surface area contributed by atoms with E-state index in [1.54, 1.807) is 12.3 Å². The molecule has 0 radical (unpaired) electrons. The molecule has 0 saturated heterocycles. The Morgan fingerprint density at radius 1 is 1.44 bits per heavy atom. The van der Waals surface area contributed by atoms with E-state index < -0.39 is 0 Å². The van der Waals surface area contributed by atoms with Crippen molar-refractivity contribution in [2.24, 2.45) is 5.73 Å². The largest absolute Gasteiger partial charge is 0.389 e. The molecule has 94 valence electrons. The molecule has 4 nitrogen and oxygen atoms in total. The fourth-order valence-corrected chi connectivity index (χ4v) is 2.22. The van der Waals surface area contributed by atoms with E-state index in [-0.39, 0.29) is 0 Å². The van der Waals surface area contributed by atoms with Gasteiger partial charge in [0.15, 0.2) is 5.82 Å². The average molecular weight is 260 g/mol. The van der Waals surface area contributed by atoms with Gasteiger partial charge in [-0.1, -0.05) is 19.1 Å². The highest BCUT2D eigenvalue weighted by Gasteiger charge is 2.12. The van der Waals surface area contributed by atoms with E-state index in [1.807, 2.05) is 24.6 Å². The van der Waals surface area contributed by atoms with Crippen molar-refractivity contribution in [1.29, 1.82) is 0 Å². The van der Waals surface area contributed by atoms with Gasteiger partial charge >= 0.3 is 0 Å². The molecule has 5 heteroatoms. The SMILES string of the molecule is CCc1c(C)nn(-c2cc(C(N)=S)ccn2)c1C. The predicted octanol–water partition coefficient (Wildman–Crippen LogP) is 2.08. The lowest BCUT2D eigenvalue weighted by Crippen LogP contribution is -2.11. The predicted molar refractivity (Wildman–Crippen MR) is 76.1 cm³/mol. The third-order valence-corrected chi connectivity index (χ3v) is 3.28. The molecule has 0 fully saturated rings. The van der Waals surface area contributed by atoms with Crippen molar-refractivity contribution in [3.63, 3.8) is 0 Å². The van der Waals surface area contributed by atoms with Gasteiger partial charge in [-0.15, -0.1) is 0 Å². The molecule has 0 amide bonds. The van der Waals surface area contributed by atoms with Gasteiger partial charge in [-0.2, -0.15) is 5.10 Å². The molecule has 0 aliphatic carbocycles. The number of hydrogen-bond donors (Lipinski definition) is 1. The van der Waals surface area contributed by atoms with Crippen LogP contribution in [0, 0.1) is 13.8 Å². The van der Waals surface area contributed by atoms with Crippen LogP contribution < -0.4 is 5.73 Å². The Balaban J connectivity index is 2.55. The van der Waals surface area contributed by atoms with Crippen LogP contribution in [0.2, 0.25) is 0 Å². The number of hydrogen-bond acceptors (Lipinski definition) is 3. The molecule has 2 N–H and O–H groups in total. The summed E-state index contributed by atoms with van der Waals surface area (Å²) >= 11 is 4.98. The average Bonchev–Trinajstić information content (AvgIpc) is 2.64. The van der Waals surface area contributed by atoms with Crippen LogP contribution in [0.25, 0.3) is 5.82 Å². The lowest BCUT2D eigenvalue weighted by molar-refractivity contribution is 0.805. The first kappa shape index (κ1) is 12.7. The summed E-state index contributed by atoms with van der Waals surface area (Å²) in [6.45, 7) is 6.19. The highest BCUT2D eigenvalue weighted by molar-refractivity contribution is 7.80. The molecule has 0 aromatic carbocycles. The molecule has 2 aromatic heterocycles. The Kier molecular flexibility index (Phi) is 3.43. The van der Waals surface area contributed by atoms with Gasteiger partial charge in [-0.25, -0.2) is 9.67 Å². The van der Waals surface area contributed by atoms with Crippen LogP contribution in [0.5, 0.6) is 0 Å². The van der Waals surface area contributed by atoms with Gasteiger partial charge in [0, 0.05) is 17.5 Å². The number of rotatable bonds is 3. The van der Waals surface area contributed by atoms with Crippen LogP contribution >= 0.6 is 12.2 Å². The Morgan fingerprint density at radius 3 is 2.72 bits per heavy atom. The molecule has 18 heavy (non-hydrogen) atoms. The molecule has 0 aliphatic heterocycles. The molecule has 0 bridgehead atoms. The van der Waals surface area contributed by atoms with Gasteiger partial charge in [0.2, 0.25) is 0 Å². The minimum atomic E-state index is 0.371. The number of thiocarbonyl (C=S) groups is 1. The third-order valence-electron chi connectivity index (χ3n) is 3.04. The second-order valence-corrected chi connectivity index (χ2v) is 4.62. The molecule has 2 rings (SSSR count). The van der Waals surface area contributed by atoms with Gasteiger partial charge in [-0.05, 0) is 38.0 Å². The molecular weight excluding hydrogens is 244 g/mol. The van der Waals surface area contributed by atoms with Gasteiger partial charge in [-0.3, -0.25) is 0 Å². The van der Waals surface area contributed by atoms with E-state index in [0.717, 1.165) is 29.2 Å². The van der Waals surface area contributed by atoms with Crippen LogP contribution in [-0.2, 0) is 6.42 Å². The Hall–Kier alpha value is -1.75. The summed E-state index contributed by atoms with van der Waals surface area (Å²) in [5, 5.41) is 4.52. The second kappa shape index (κ2) is 4.86. The van der Waals surface area contributed by atoms with E-state index in [0.29, 0.717) is 4.99 Å². The van der Waals surface area contributed by atoms with E-state index in [2.05, 4.69) is 17.0 Å². The fourth-order valence-electron chi connectivity index (χ4n) is 2.10. The highest BCUT2D eigenvalue weighted by Crippen LogP contribution is 2.17. The van der Waals surface area contributed by atoms with Crippen molar-refractivity contribution in [2.45, 2.75) is 27.2 Å². The molecule has 0 spiro atoms. The maximum Gasteiger partial charge on any atom is 0.154 e. The summed E-state index contributed by atoms with van der Waals surface area (Å²) < 4.78 is 1.84. The van der Waals surface area contributed by atoms with Gasteiger partial charge in [0.1, 0.15) is 4.99 Å². The van der Waals surface area contributed by atoms with Crippen LogP contribution in [-0.4, -0.2) is 19.8 Å². The first-order valence-corrected chi connectivity index (χ1v) is 6.26. The molecule has 2 heterocycles. The summed E-state index contributed by atoms with van der Waals surface area (Å²) in [6.07, 6.45) is 2.67. The van der Waals surface area contributed by atoms with Crippen LogP contribution in [0.15, 0.2) is 18.3 Å². The molecular formula is C13H16N4S. The first-order chi connectivity index (χ1) is 8.54. The highest BCUT2D eigenvalue weighted by atomic mass is 32.1. The van der Waals surface area contributed by atoms with Crippen LogP contribution in [0.4, 0.5) is 0 Å². The molecule has 0 saturated carbocycles. The van der Waals surface area contributed by atoms with Crippen molar-refractivity contribution >= 4 is 17.2 Å². The number of nitrogens with two attached hydrogens (primary N) is 1. The number of aromatic nitrogens is 3. The van der Waals surface area contributed by atoms with Gasteiger partial charge in [0.05, 0.1) is 5.69 Å². The van der Waals surface area contributed by atoms with Crippen molar-refractivity contribution in [2.75, 3.05) is 0 Å². The van der Waals surface area contributed by atoms with E-state index in [4.69, 9.17) is 18.0 Å². The van der Waals surface area contributed by atoms with E-state index >= 15 is 0 Å². The number of aryl methyl sites for hydroxylation is 1. The standard InChI is InChI=1S/C13H16N4S/c1-4-11-8(2)16-17(9(11)3)12-7-10(13(14)18)5-6-15-12/h5-7H,4H2,1-3H3,(H2,14,18). The van der Waals surface area contributed by atoms with Crippen LogP contribution in [0.1, 0.15) is 29.4 Å². The lowest BCUT2D eigenvalue weighted by atomic mass is 10.1. The summed E-state index contributed by atoms with van der Waals surface area (Å²) in [4.78, 5) is 4.70. The summed E-state index contributed by atoms with van der Waals surface area (Å²) in [5.74, 6) is 0.751. The maximum atomic E-state index is 5.63. The smallest absolute Gasteiger partial charge is 0.154 e. The first-order valence-electron chi connectivity index (χ1n) is 5.86. The Bertz CT molecular complexity index is 601. The molecule has 0 unspecified atom stereocenters. The summed E-state index contributed by atoms with van der Waals surface area (Å²) in [6, 6.07) is 3.67. The summed E-state index contributed by atoms with van der Waals surface area (Å²) in [7, 11) is 0. The van der Waals surface area contributed by atoms with E-state index in [9.17, 15) is 0 Å². The third kappa shape index (κ3) is 2.13. The zero-order valence-corrected chi connectivity index (χ0v) is 11.6. The van der Waals surface area contributed by atoms with Crippen molar-refractivity contribution in [3.05, 3.63) is 40.8 Å². The number of nitrogens with zero attached hydrogens (tertiary/aromatic N) is 3. The topological polar surface area (TPSA) is 56.7 Å². The quantitative estimate of drug-likeness (QED) is 0.858. The molecule has 0 aliphatic rings. The van der Waals surface area contributed by atoms with Crippen molar-refractivity contribution < 1.29 is 0 Å². The zero-order chi connectivity index (χ0) is 13.3. The lowest BCUT2D eigenvalue weighted by Gasteiger charge is -2.05. The number of pyridine rings is 1. The Labute approximate surface area is 112 Å². The van der Waals surface area contributed by atoms with Crippen LogP contribution in [0.3, 0.4) is 0 Å². The zero-order valence-electron chi connectivity index (χ0n) is 10.8. The Morgan fingerprint density at radius 2 is 2.17 bits per heavy atom. The monoisotopic (exact) mass is 260 g/mol. The van der Waals surface area contributed by atoms with Crippen molar-refractivity contribution in [1.82, 2.24) is 14.8 Å². The minimum Gasteiger partial charge on any atom is -0.389 e. The second-order valence-electron chi connectivity index (χ2n) is 4.18. The van der Waals surface area contributed by atoms with Gasteiger partial charge in [0.25, 0.3) is 0 Å². The minimum absolute atomic E-state index is 0.371. The normalized spacial score (nSPS) is 10.6.